The average Bonchev–Trinajstić information content (AvgIpc) is 2.34. The minimum Gasteiger partial charge on any atom is -0.267 e. The van der Waals surface area contributed by atoms with Crippen LogP contribution in [0.1, 0.15) is 27.7 Å². The van der Waals surface area contributed by atoms with E-state index in [0.717, 1.165) is 6.54 Å². The summed E-state index contributed by atoms with van der Waals surface area (Å²) in [6, 6.07) is 0. The zero-order chi connectivity index (χ0) is 8.48. The first-order valence-electron chi connectivity index (χ1n) is 4.06. The molecule has 0 aromatic carbocycles. The monoisotopic (exact) mass is 152 g/mol. The van der Waals surface area contributed by atoms with E-state index in [0.29, 0.717) is 11.3 Å². The molecule has 1 rings (SSSR count). The fourth-order valence-electron chi connectivity index (χ4n) is 1.04. The molecule has 1 aliphatic heterocycles. The van der Waals surface area contributed by atoms with E-state index in [1.807, 2.05) is 0 Å². The molecular formula is C9H16N2. The van der Waals surface area contributed by atoms with Crippen LogP contribution in [-0.4, -0.2) is 18.6 Å². The Labute approximate surface area is 68.4 Å². The lowest BCUT2D eigenvalue weighted by Crippen LogP contribution is -2.26. The molecule has 0 saturated carbocycles. The predicted octanol–water partition coefficient (Wildman–Crippen LogP) is 2.15. The first kappa shape index (κ1) is 8.44. The number of aliphatic imine (C=N–C) groups is 2. The van der Waals surface area contributed by atoms with E-state index in [9.17, 15) is 0 Å². The Balaban J connectivity index is 2.62. The molecule has 1 aliphatic rings. The zero-order valence-corrected chi connectivity index (χ0v) is 7.76. The lowest BCUT2D eigenvalue weighted by Gasteiger charge is -2.26. The maximum Gasteiger partial charge on any atom is 0.110 e. The van der Waals surface area contributed by atoms with Crippen LogP contribution in [0.2, 0.25) is 0 Å². The summed E-state index contributed by atoms with van der Waals surface area (Å²) in [5.74, 6) is 0.532. The molecule has 1 atom stereocenters. The second-order valence-corrected chi connectivity index (χ2v) is 4.16. The van der Waals surface area contributed by atoms with E-state index in [-0.39, 0.29) is 0 Å². The standard InChI is InChI=1S/C9H16N2/c1-7(9(2,3)4)8-5-10-6-11-8/h6-7H,5H2,1-4H3/t7-/m1/s1. The maximum atomic E-state index is 4.23. The Morgan fingerprint density at radius 1 is 1.45 bits per heavy atom. The summed E-state index contributed by atoms with van der Waals surface area (Å²) in [5, 5.41) is 0. The van der Waals surface area contributed by atoms with Crippen LogP contribution in [0.25, 0.3) is 0 Å². The first-order chi connectivity index (χ1) is 5.02. The number of hydrogen-bond acceptors (Lipinski definition) is 2. The molecule has 0 saturated heterocycles. The molecule has 0 radical (unpaired) electrons. The van der Waals surface area contributed by atoms with Gasteiger partial charge in [0.25, 0.3) is 0 Å². The molecule has 0 fully saturated rings. The fourth-order valence-corrected chi connectivity index (χ4v) is 1.04. The van der Waals surface area contributed by atoms with Crippen LogP contribution in [-0.2, 0) is 0 Å². The highest BCUT2D eigenvalue weighted by molar-refractivity contribution is 5.97. The predicted molar refractivity (Wildman–Crippen MR) is 49.4 cm³/mol. The summed E-state index contributed by atoms with van der Waals surface area (Å²) < 4.78 is 0. The molecule has 0 spiro atoms. The Bertz CT molecular complexity index is 196. The highest BCUT2D eigenvalue weighted by atomic mass is 14.9. The highest BCUT2D eigenvalue weighted by Gasteiger charge is 2.25. The van der Waals surface area contributed by atoms with Crippen molar-refractivity contribution in [1.29, 1.82) is 0 Å². The third kappa shape index (κ3) is 1.88. The molecule has 62 valence electrons. The molecule has 0 unspecified atom stereocenters. The largest absolute Gasteiger partial charge is 0.267 e. The van der Waals surface area contributed by atoms with E-state index >= 15 is 0 Å². The van der Waals surface area contributed by atoms with Crippen LogP contribution < -0.4 is 0 Å². The van der Waals surface area contributed by atoms with Gasteiger partial charge in [0.2, 0.25) is 0 Å². The fraction of sp³-hybridized carbons (Fsp3) is 0.778. The van der Waals surface area contributed by atoms with Gasteiger partial charge in [0, 0.05) is 11.6 Å². The molecule has 0 aliphatic carbocycles. The molecular weight excluding hydrogens is 136 g/mol. The van der Waals surface area contributed by atoms with Gasteiger partial charge in [-0.3, -0.25) is 4.99 Å². The minimum atomic E-state index is 0.312. The van der Waals surface area contributed by atoms with Gasteiger partial charge in [0.05, 0.1) is 6.54 Å². The molecule has 2 heteroatoms. The van der Waals surface area contributed by atoms with Gasteiger partial charge in [-0.2, -0.15) is 0 Å². The van der Waals surface area contributed by atoms with Gasteiger partial charge < -0.3 is 0 Å². The number of hydrogen-bond donors (Lipinski definition) is 0. The summed E-state index contributed by atoms with van der Waals surface area (Å²) in [7, 11) is 0. The van der Waals surface area contributed by atoms with Crippen LogP contribution in [0.5, 0.6) is 0 Å². The topological polar surface area (TPSA) is 24.7 Å². The Kier molecular flexibility index (Phi) is 2.12. The van der Waals surface area contributed by atoms with Crippen molar-refractivity contribution in [2.45, 2.75) is 27.7 Å². The third-order valence-electron chi connectivity index (χ3n) is 2.36. The minimum absolute atomic E-state index is 0.312. The van der Waals surface area contributed by atoms with Crippen molar-refractivity contribution in [2.24, 2.45) is 21.3 Å². The van der Waals surface area contributed by atoms with Gasteiger partial charge in [-0.15, -0.1) is 0 Å². The summed E-state index contributed by atoms with van der Waals surface area (Å²) in [6.45, 7) is 9.72. The highest BCUT2D eigenvalue weighted by Crippen LogP contribution is 2.27. The van der Waals surface area contributed by atoms with Crippen LogP contribution >= 0.6 is 0 Å². The second-order valence-electron chi connectivity index (χ2n) is 4.16. The van der Waals surface area contributed by atoms with Crippen molar-refractivity contribution in [3.63, 3.8) is 0 Å². The summed E-state index contributed by atoms with van der Waals surface area (Å²) in [4.78, 5) is 8.30. The van der Waals surface area contributed by atoms with Gasteiger partial charge in [-0.05, 0) is 5.41 Å². The van der Waals surface area contributed by atoms with Crippen molar-refractivity contribution in [1.82, 2.24) is 0 Å². The van der Waals surface area contributed by atoms with Crippen molar-refractivity contribution in [2.75, 3.05) is 6.54 Å². The summed E-state index contributed by atoms with van der Waals surface area (Å²) >= 11 is 0. The van der Waals surface area contributed by atoms with Gasteiger partial charge in [0.1, 0.15) is 6.34 Å². The first-order valence-corrected chi connectivity index (χ1v) is 4.06. The van der Waals surface area contributed by atoms with E-state index in [4.69, 9.17) is 0 Å². The van der Waals surface area contributed by atoms with Crippen LogP contribution in [0.3, 0.4) is 0 Å². The zero-order valence-electron chi connectivity index (χ0n) is 7.76. The Morgan fingerprint density at radius 3 is 2.45 bits per heavy atom. The van der Waals surface area contributed by atoms with Gasteiger partial charge in [0.15, 0.2) is 0 Å². The SMILES string of the molecule is C[C@H](C1=NC=NC1)C(C)(C)C. The van der Waals surface area contributed by atoms with Gasteiger partial charge in [-0.1, -0.05) is 27.7 Å². The Hall–Kier alpha value is -0.660. The van der Waals surface area contributed by atoms with E-state index in [1.165, 1.54) is 5.71 Å². The molecule has 0 aromatic rings. The molecule has 0 aromatic heterocycles. The maximum absolute atomic E-state index is 4.23. The van der Waals surface area contributed by atoms with E-state index in [1.54, 1.807) is 6.34 Å². The van der Waals surface area contributed by atoms with Crippen molar-refractivity contribution in [3.05, 3.63) is 0 Å². The van der Waals surface area contributed by atoms with Crippen LogP contribution in [0, 0.1) is 11.3 Å². The number of rotatable bonds is 1. The molecule has 11 heavy (non-hydrogen) atoms. The molecule has 0 N–H and O–H groups in total. The molecule has 0 amide bonds. The second kappa shape index (κ2) is 2.76. The van der Waals surface area contributed by atoms with Crippen molar-refractivity contribution < 1.29 is 0 Å². The summed E-state index contributed by atoms with van der Waals surface area (Å²) in [5.41, 5.74) is 1.53. The van der Waals surface area contributed by atoms with Crippen LogP contribution in [0.15, 0.2) is 9.98 Å². The molecule has 1 heterocycles. The molecule has 0 bridgehead atoms. The van der Waals surface area contributed by atoms with E-state index in [2.05, 4.69) is 37.7 Å². The van der Waals surface area contributed by atoms with Crippen molar-refractivity contribution >= 4 is 12.1 Å². The van der Waals surface area contributed by atoms with Crippen molar-refractivity contribution in [3.8, 4) is 0 Å². The quantitative estimate of drug-likeness (QED) is 0.550. The Morgan fingerprint density at radius 2 is 2.09 bits per heavy atom. The average molecular weight is 152 g/mol. The third-order valence-corrected chi connectivity index (χ3v) is 2.36. The summed E-state index contributed by atoms with van der Waals surface area (Å²) in [6.07, 6.45) is 1.66. The number of nitrogens with zero attached hydrogens (tertiary/aromatic N) is 2. The van der Waals surface area contributed by atoms with Gasteiger partial charge >= 0.3 is 0 Å². The van der Waals surface area contributed by atoms with E-state index < -0.39 is 0 Å². The lowest BCUT2D eigenvalue weighted by atomic mass is 9.79. The normalized spacial score (nSPS) is 20.2. The van der Waals surface area contributed by atoms with Crippen LogP contribution in [0.4, 0.5) is 0 Å². The lowest BCUT2D eigenvalue weighted by molar-refractivity contribution is 0.332. The smallest absolute Gasteiger partial charge is 0.110 e. The molecule has 2 nitrogen and oxygen atoms in total. The van der Waals surface area contributed by atoms with Gasteiger partial charge in [-0.25, -0.2) is 4.99 Å².